The van der Waals surface area contributed by atoms with Crippen LogP contribution in [0.3, 0.4) is 0 Å². The van der Waals surface area contributed by atoms with Crippen LogP contribution in [-0.4, -0.2) is 38.6 Å². The van der Waals surface area contributed by atoms with E-state index in [0.717, 1.165) is 16.3 Å². The molecule has 0 atom stereocenters. The molecule has 0 bridgehead atoms. The average Bonchev–Trinajstić information content (AvgIpc) is 3.19. The van der Waals surface area contributed by atoms with Gasteiger partial charge in [-0.15, -0.1) is 11.3 Å². The maximum atomic E-state index is 13.5. The van der Waals surface area contributed by atoms with Gasteiger partial charge in [0, 0.05) is 22.3 Å². The van der Waals surface area contributed by atoms with Crippen molar-refractivity contribution in [1.29, 1.82) is 0 Å². The molecule has 2 aromatic rings. The zero-order valence-corrected chi connectivity index (χ0v) is 19.5. The average molecular weight is 444 g/mol. The van der Waals surface area contributed by atoms with Gasteiger partial charge in [0.05, 0.1) is 5.75 Å². The number of hydrogen-bond acceptors (Lipinski definition) is 5. The van der Waals surface area contributed by atoms with E-state index in [-0.39, 0.29) is 0 Å². The molecule has 2 saturated carbocycles. The quantitative estimate of drug-likeness (QED) is 0.410. The van der Waals surface area contributed by atoms with Crippen LogP contribution in [0.15, 0.2) is 11.4 Å². The second kappa shape index (κ2) is 9.56. The summed E-state index contributed by atoms with van der Waals surface area (Å²) in [6.07, 6.45) is 19.1. The summed E-state index contributed by atoms with van der Waals surface area (Å²) in [5.74, 6) is 0.860. The van der Waals surface area contributed by atoms with Gasteiger partial charge in [-0.2, -0.15) is 0 Å². The molecule has 2 fully saturated rings. The van der Waals surface area contributed by atoms with Gasteiger partial charge in [0.25, 0.3) is 0 Å². The van der Waals surface area contributed by atoms with Gasteiger partial charge in [-0.05, 0) is 56.9 Å². The lowest BCUT2D eigenvalue weighted by atomic mass is 9.88. The van der Waals surface area contributed by atoms with E-state index < -0.39 is 0 Å². The molecule has 1 amide bonds. The minimum absolute atomic E-state index is 0.342. The van der Waals surface area contributed by atoms with Gasteiger partial charge in [0.2, 0.25) is 5.91 Å². The monoisotopic (exact) mass is 443 g/mol. The van der Waals surface area contributed by atoms with Crippen LogP contribution < -0.4 is 0 Å². The first kappa shape index (κ1) is 20.7. The van der Waals surface area contributed by atoms with Crippen molar-refractivity contribution in [3.63, 3.8) is 0 Å². The second-order valence-corrected chi connectivity index (χ2v) is 11.3. The number of aromatic nitrogens is 2. The van der Waals surface area contributed by atoms with Crippen LogP contribution in [0.1, 0.15) is 87.5 Å². The molecule has 2 heterocycles. The van der Waals surface area contributed by atoms with Crippen molar-refractivity contribution in [3.05, 3.63) is 16.8 Å². The molecule has 0 unspecified atom stereocenters. The van der Waals surface area contributed by atoms with E-state index in [2.05, 4.69) is 14.9 Å². The van der Waals surface area contributed by atoms with E-state index >= 15 is 0 Å². The molecule has 3 aliphatic carbocycles. The zero-order chi connectivity index (χ0) is 20.3. The summed E-state index contributed by atoms with van der Waals surface area (Å²) in [7, 11) is 0. The molecular weight excluding hydrogens is 410 g/mol. The van der Waals surface area contributed by atoms with Crippen LogP contribution in [-0.2, 0) is 17.6 Å². The molecule has 30 heavy (non-hydrogen) atoms. The van der Waals surface area contributed by atoms with Crippen LogP contribution >= 0.6 is 23.1 Å². The van der Waals surface area contributed by atoms with Crippen LogP contribution in [0.4, 0.5) is 0 Å². The molecule has 4 nitrogen and oxygen atoms in total. The van der Waals surface area contributed by atoms with Crippen molar-refractivity contribution in [3.8, 4) is 0 Å². The number of thioether (sulfide) groups is 1. The highest BCUT2D eigenvalue weighted by atomic mass is 32.2. The first-order valence-corrected chi connectivity index (χ1v) is 13.8. The Labute approximate surface area is 188 Å². The van der Waals surface area contributed by atoms with Gasteiger partial charge in [-0.25, -0.2) is 9.97 Å². The Morgan fingerprint density at radius 2 is 1.60 bits per heavy atom. The third-order valence-electron chi connectivity index (χ3n) is 7.27. The van der Waals surface area contributed by atoms with Crippen LogP contribution in [0, 0.1) is 0 Å². The Bertz CT molecular complexity index is 866. The summed E-state index contributed by atoms with van der Waals surface area (Å²) >= 11 is 3.50. The smallest absolute Gasteiger partial charge is 0.233 e. The van der Waals surface area contributed by atoms with Crippen LogP contribution in [0.25, 0.3) is 10.2 Å². The van der Waals surface area contributed by atoms with E-state index in [4.69, 9.17) is 0 Å². The maximum absolute atomic E-state index is 13.5. The molecular formula is C24H33N3OS2. The minimum Gasteiger partial charge on any atom is -0.336 e. The summed E-state index contributed by atoms with van der Waals surface area (Å²) in [5.41, 5.74) is 1.47. The fourth-order valence-corrected chi connectivity index (χ4v) is 7.99. The van der Waals surface area contributed by atoms with Crippen LogP contribution in [0.2, 0.25) is 0 Å². The van der Waals surface area contributed by atoms with Gasteiger partial charge >= 0.3 is 0 Å². The summed E-state index contributed by atoms with van der Waals surface area (Å²) in [6, 6.07) is 0.934. The number of carbonyl (C=O) groups is 1. The van der Waals surface area contributed by atoms with E-state index in [1.165, 1.54) is 99.3 Å². The molecule has 6 heteroatoms. The highest BCUT2D eigenvalue weighted by Gasteiger charge is 2.32. The Morgan fingerprint density at radius 1 is 0.933 bits per heavy atom. The number of rotatable bonds is 5. The minimum atomic E-state index is 0.342. The first-order chi connectivity index (χ1) is 14.8. The van der Waals surface area contributed by atoms with Gasteiger partial charge in [0.1, 0.15) is 16.2 Å². The standard InChI is InChI=1S/C24H33N3OS2/c28-21(27(17-9-3-1-4-10-17)18-11-5-2-6-12-18)15-29-23-22-19-13-7-8-14-20(19)30-24(22)26-16-25-23/h16-18H,1-15H2. The lowest BCUT2D eigenvalue weighted by Crippen LogP contribution is -2.49. The summed E-state index contributed by atoms with van der Waals surface area (Å²) in [4.78, 5) is 27.7. The van der Waals surface area contributed by atoms with Crippen molar-refractivity contribution in [1.82, 2.24) is 14.9 Å². The first-order valence-electron chi connectivity index (χ1n) is 12.0. The largest absolute Gasteiger partial charge is 0.336 e. The Balaban J connectivity index is 1.35. The molecule has 0 radical (unpaired) electrons. The van der Waals surface area contributed by atoms with Gasteiger partial charge in [-0.1, -0.05) is 50.3 Å². The second-order valence-electron chi connectivity index (χ2n) is 9.24. The fraction of sp³-hybridized carbons (Fsp3) is 0.708. The summed E-state index contributed by atoms with van der Waals surface area (Å²) in [5, 5.41) is 2.27. The van der Waals surface area contributed by atoms with Crippen molar-refractivity contribution >= 4 is 39.2 Å². The van der Waals surface area contributed by atoms with E-state index in [0.29, 0.717) is 23.7 Å². The number of amides is 1. The molecule has 5 rings (SSSR count). The Morgan fingerprint density at radius 3 is 2.30 bits per heavy atom. The van der Waals surface area contributed by atoms with E-state index in [9.17, 15) is 4.79 Å². The number of hydrogen-bond donors (Lipinski definition) is 0. The van der Waals surface area contributed by atoms with Crippen molar-refractivity contribution in [2.75, 3.05) is 5.75 Å². The normalized spacial score (nSPS) is 20.9. The maximum Gasteiger partial charge on any atom is 0.233 e. The molecule has 0 aromatic carbocycles. The van der Waals surface area contributed by atoms with Crippen LogP contribution in [0.5, 0.6) is 0 Å². The fourth-order valence-electron chi connectivity index (χ4n) is 5.80. The third-order valence-corrected chi connectivity index (χ3v) is 9.45. The molecule has 3 aliphatic rings. The predicted octanol–water partition coefficient (Wildman–Crippen LogP) is 6.16. The van der Waals surface area contributed by atoms with E-state index in [1.54, 1.807) is 18.1 Å². The molecule has 0 saturated heterocycles. The van der Waals surface area contributed by atoms with Crippen molar-refractivity contribution < 1.29 is 4.79 Å². The predicted molar refractivity (Wildman–Crippen MR) is 125 cm³/mol. The highest BCUT2D eigenvalue weighted by Crippen LogP contribution is 2.39. The number of thiophene rings is 1. The van der Waals surface area contributed by atoms with Gasteiger partial charge < -0.3 is 4.90 Å². The molecule has 0 N–H and O–H groups in total. The van der Waals surface area contributed by atoms with Gasteiger partial charge in [0.15, 0.2) is 0 Å². The van der Waals surface area contributed by atoms with Crippen molar-refractivity contribution in [2.24, 2.45) is 0 Å². The van der Waals surface area contributed by atoms with Gasteiger partial charge in [-0.3, -0.25) is 4.79 Å². The number of fused-ring (bicyclic) bond motifs is 3. The Kier molecular flexibility index (Phi) is 6.61. The Hall–Kier alpha value is -1.14. The molecule has 2 aromatic heterocycles. The SMILES string of the molecule is O=C(CSc1ncnc2sc3c(c12)CCCC3)N(C1CCCCC1)C1CCCCC1. The summed E-state index contributed by atoms with van der Waals surface area (Å²) < 4.78 is 0. The third kappa shape index (κ3) is 4.27. The highest BCUT2D eigenvalue weighted by molar-refractivity contribution is 8.00. The lowest BCUT2D eigenvalue weighted by Gasteiger charge is -2.41. The molecule has 0 spiro atoms. The number of aryl methyl sites for hydroxylation is 2. The number of nitrogens with zero attached hydrogens (tertiary/aromatic N) is 3. The lowest BCUT2D eigenvalue weighted by molar-refractivity contribution is -0.135. The molecule has 0 aliphatic heterocycles. The molecule has 162 valence electrons. The zero-order valence-electron chi connectivity index (χ0n) is 17.9. The van der Waals surface area contributed by atoms with Crippen molar-refractivity contribution in [2.45, 2.75) is 107 Å². The van der Waals surface area contributed by atoms with E-state index in [1.807, 2.05) is 11.3 Å². The topological polar surface area (TPSA) is 46.1 Å². The summed E-state index contributed by atoms with van der Waals surface area (Å²) in [6.45, 7) is 0. The number of carbonyl (C=O) groups excluding carboxylic acids is 1.